The molecule has 1 aliphatic rings. The van der Waals surface area contributed by atoms with Crippen LogP contribution < -0.4 is 5.32 Å². The first-order valence-electron chi connectivity index (χ1n) is 4.11. The molecule has 1 unspecified atom stereocenters. The third kappa shape index (κ3) is 3.32. The lowest BCUT2D eigenvalue weighted by Crippen LogP contribution is -2.30. The maximum atomic E-state index is 10.0. The minimum absolute atomic E-state index is 0.131. The number of nitro groups is 1. The van der Waals surface area contributed by atoms with Crippen molar-refractivity contribution >= 4 is 0 Å². The van der Waals surface area contributed by atoms with Crippen molar-refractivity contribution in [1.29, 1.82) is 0 Å². The van der Waals surface area contributed by atoms with Crippen LogP contribution in [0.4, 0.5) is 0 Å². The summed E-state index contributed by atoms with van der Waals surface area (Å²) in [7, 11) is 0. The van der Waals surface area contributed by atoms with Gasteiger partial charge in [-0.1, -0.05) is 0 Å². The van der Waals surface area contributed by atoms with E-state index in [1.54, 1.807) is 0 Å². The van der Waals surface area contributed by atoms with E-state index < -0.39 is 0 Å². The van der Waals surface area contributed by atoms with Crippen molar-refractivity contribution in [2.45, 2.75) is 19.3 Å². The average molecular weight is 158 g/mol. The minimum Gasteiger partial charge on any atom is -0.316 e. The van der Waals surface area contributed by atoms with Crippen molar-refractivity contribution in [3.05, 3.63) is 10.1 Å². The monoisotopic (exact) mass is 158 g/mol. The molecule has 0 radical (unpaired) electrons. The number of nitrogens with zero attached hydrogens (tertiary/aromatic N) is 1. The lowest BCUT2D eigenvalue weighted by molar-refractivity contribution is -0.481. The van der Waals surface area contributed by atoms with Gasteiger partial charge in [-0.2, -0.15) is 0 Å². The van der Waals surface area contributed by atoms with Gasteiger partial charge in [0.25, 0.3) is 0 Å². The highest BCUT2D eigenvalue weighted by atomic mass is 16.6. The second-order valence-corrected chi connectivity index (χ2v) is 3.06. The first kappa shape index (κ1) is 8.46. The molecule has 0 amide bonds. The van der Waals surface area contributed by atoms with Crippen molar-refractivity contribution in [2.75, 3.05) is 19.6 Å². The Balaban J connectivity index is 2.09. The van der Waals surface area contributed by atoms with Crippen molar-refractivity contribution < 1.29 is 4.92 Å². The van der Waals surface area contributed by atoms with E-state index in [0.29, 0.717) is 5.92 Å². The third-order valence-electron chi connectivity index (χ3n) is 2.12. The predicted molar refractivity (Wildman–Crippen MR) is 42.1 cm³/mol. The SMILES string of the molecule is O=[N+]([O-])CCC1CCCNC1. The van der Waals surface area contributed by atoms with Gasteiger partial charge in [0.2, 0.25) is 6.54 Å². The molecule has 0 aromatic carbocycles. The summed E-state index contributed by atoms with van der Waals surface area (Å²) in [6.07, 6.45) is 3.06. The van der Waals surface area contributed by atoms with Crippen LogP contribution in [-0.2, 0) is 0 Å². The molecule has 0 aromatic heterocycles. The summed E-state index contributed by atoms with van der Waals surface area (Å²) in [6.45, 7) is 2.18. The van der Waals surface area contributed by atoms with Crippen molar-refractivity contribution in [3.8, 4) is 0 Å². The van der Waals surface area contributed by atoms with Gasteiger partial charge in [-0.25, -0.2) is 0 Å². The van der Waals surface area contributed by atoms with Crippen molar-refractivity contribution in [2.24, 2.45) is 5.92 Å². The molecule has 0 aromatic rings. The van der Waals surface area contributed by atoms with Gasteiger partial charge in [-0.05, 0) is 31.8 Å². The zero-order chi connectivity index (χ0) is 8.10. The van der Waals surface area contributed by atoms with E-state index in [-0.39, 0.29) is 11.5 Å². The number of piperidine rings is 1. The first-order valence-corrected chi connectivity index (χ1v) is 4.11. The molecular weight excluding hydrogens is 144 g/mol. The zero-order valence-corrected chi connectivity index (χ0v) is 6.58. The van der Waals surface area contributed by atoms with Gasteiger partial charge in [0, 0.05) is 11.3 Å². The normalized spacial score (nSPS) is 24.9. The smallest absolute Gasteiger partial charge is 0.204 e. The highest BCUT2D eigenvalue weighted by molar-refractivity contribution is 4.68. The molecule has 64 valence electrons. The van der Waals surface area contributed by atoms with Gasteiger partial charge in [0.05, 0.1) is 0 Å². The number of rotatable bonds is 3. The molecule has 1 aliphatic heterocycles. The molecule has 4 nitrogen and oxygen atoms in total. The summed E-state index contributed by atoms with van der Waals surface area (Å²) in [5.41, 5.74) is 0. The average Bonchev–Trinajstić information content (AvgIpc) is 2.03. The summed E-state index contributed by atoms with van der Waals surface area (Å²) in [6, 6.07) is 0. The zero-order valence-electron chi connectivity index (χ0n) is 6.58. The summed E-state index contributed by atoms with van der Waals surface area (Å²) in [4.78, 5) is 9.80. The summed E-state index contributed by atoms with van der Waals surface area (Å²) < 4.78 is 0. The van der Waals surface area contributed by atoms with Crippen LogP contribution in [0.25, 0.3) is 0 Å². The largest absolute Gasteiger partial charge is 0.316 e. The lowest BCUT2D eigenvalue weighted by atomic mass is 9.96. The van der Waals surface area contributed by atoms with Gasteiger partial charge < -0.3 is 5.32 Å². The van der Waals surface area contributed by atoms with Crippen LogP contribution in [0.5, 0.6) is 0 Å². The molecule has 4 heteroatoms. The first-order chi connectivity index (χ1) is 5.29. The molecule has 1 rings (SSSR count). The molecule has 0 aliphatic carbocycles. The van der Waals surface area contributed by atoms with Gasteiger partial charge in [-0.3, -0.25) is 10.1 Å². The Morgan fingerprint density at radius 2 is 2.45 bits per heavy atom. The summed E-state index contributed by atoms with van der Waals surface area (Å²) in [5.74, 6) is 0.536. The van der Waals surface area contributed by atoms with E-state index in [2.05, 4.69) is 5.32 Å². The van der Waals surface area contributed by atoms with Crippen LogP contribution in [0.1, 0.15) is 19.3 Å². The molecule has 0 saturated carbocycles. The topological polar surface area (TPSA) is 55.2 Å². The Labute approximate surface area is 66.1 Å². The predicted octanol–water partition coefficient (Wildman–Crippen LogP) is 0.653. The fourth-order valence-corrected chi connectivity index (χ4v) is 1.46. The molecule has 1 saturated heterocycles. The fraction of sp³-hybridized carbons (Fsp3) is 1.00. The summed E-state index contributed by atoms with van der Waals surface area (Å²) in [5, 5.41) is 13.3. The molecule has 11 heavy (non-hydrogen) atoms. The van der Waals surface area contributed by atoms with Crippen LogP contribution in [0.2, 0.25) is 0 Å². The Hall–Kier alpha value is -0.640. The second-order valence-electron chi connectivity index (χ2n) is 3.06. The molecular formula is C7H14N2O2. The van der Waals surface area contributed by atoms with E-state index >= 15 is 0 Å². The summed E-state index contributed by atoms with van der Waals surface area (Å²) >= 11 is 0. The Bertz CT molecular complexity index is 132. The van der Waals surface area contributed by atoms with Gasteiger partial charge in [0.1, 0.15) is 0 Å². The Kier molecular flexibility index (Phi) is 3.29. The highest BCUT2D eigenvalue weighted by Crippen LogP contribution is 2.13. The van der Waals surface area contributed by atoms with Gasteiger partial charge in [0.15, 0.2) is 0 Å². The van der Waals surface area contributed by atoms with Crippen LogP contribution in [0.15, 0.2) is 0 Å². The second kappa shape index (κ2) is 4.28. The fourth-order valence-electron chi connectivity index (χ4n) is 1.46. The van der Waals surface area contributed by atoms with E-state index in [4.69, 9.17) is 0 Å². The number of hydrogen-bond donors (Lipinski definition) is 1. The van der Waals surface area contributed by atoms with Crippen LogP contribution >= 0.6 is 0 Å². The standard InChI is InChI=1S/C7H14N2O2/c10-9(11)5-3-7-2-1-4-8-6-7/h7-8H,1-6H2. The molecule has 0 spiro atoms. The van der Waals surface area contributed by atoms with Crippen LogP contribution in [-0.4, -0.2) is 24.6 Å². The van der Waals surface area contributed by atoms with E-state index in [1.807, 2.05) is 0 Å². The Morgan fingerprint density at radius 3 is 3.00 bits per heavy atom. The number of hydrogen-bond acceptors (Lipinski definition) is 3. The van der Waals surface area contributed by atoms with E-state index in [9.17, 15) is 10.1 Å². The molecule has 0 bridgehead atoms. The number of nitrogens with one attached hydrogen (secondary N) is 1. The lowest BCUT2D eigenvalue weighted by Gasteiger charge is -2.20. The maximum Gasteiger partial charge on any atom is 0.204 e. The molecule has 1 N–H and O–H groups in total. The van der Waals surface area contributed by atoms with Crippen molar-refractivity contribution in [3.63, 3.8) is 0 Å². The van der Waals surface area contributed by atoms with E-state index in [0.717, 1.165) is 25.9 Å². The van der Waals surface area contributed by atoms with Crippen molar-refractivity contribution in [1.82, 2.24) is 5.32 Å². The van der Waals surface area contributed by atoms with Crippen LogP contribution in [0.3, 0.4) is 0 Å². The van der Waals surface area contributed by atoms with E-state index in [1.165, 1.54) is 6.42 Å². The third-order valence-corrected chi connectivity index (χ3v) is 2.12. The Morgan fingerprint density at radius 1 is 1.64 bits per heavy atom. The molecule has 1 fully saturated rings. The minimum atomic E-state index is -0.228. The maximum absolute atomic E-state index is 10.0. The van der Waals surface area contributed by atoms with Gasteiger partial charge in [-0.15, -0.1) is 0 Å². The molecule has 1 atom stereocenters. The molecule has 1 heterocycles. The quantitative estimate of drug-likeness (QED) is 0.484. The highest BCUT2D eigenvalue weighted by Gasteiger charge is 2.14. The van der Waals surface area contributed by atoms with Crippen LogP contribution in [0, 0.1) is 16.0 Å². The van der Waals surface area contributed by atoms with Gasteiger partial charge >= 0.3 is 0 Å².